The lowest BCUT2D eigenvalue weighted by Gasteiger charge is -2.16. The Labute approximate surface area is 248 Å². The number of methoxy groups -OCH3 is 2. The fourth-order valence-corrected chi connectivity index (χ4v) is 5.29. The van der Waals surface area contributed by atoms with Crippen LogP contribution in [0.15, 0.2) is 49.1 Å². The Bertz CT molecular complexity index is 1620. The number of Topliss-reactive ketones (excluding diaryl/α,β-unsaturated/α-hetero) is 2. The Morgan fingerprint density at radius 2 is 1.81 bits per heavy atom. The van der Waals surface area contributed by atoms with Crippen LogP contribution in [0.4, 0.5) is 11.5 Å². The molecule has 1 saturated heterocycles. The smallest absolute Gasteiger partial charge is 0.167 e. The van der Waals surface area contributed by atoms with Crippen LogP contribution in [0.3, 0.4) is 0 Å². The van der Waals surface area contributed by atoms with Gasteiger partial charge in [0.05, 0.1) is 20.5 Å². The molecule has 12 nitrogen and oxygen atoms in total. The molecule has 0 aliphatic carbocycles. The van der Waals surface area contributed by atoms with Gasteiger partial charge in [0, 0.05) is 24.1 Å². The standard InChI is InChI=1S/C31H35N5O7/c1-5-21(37)28-25(39)26(40)31(43-28)36-16-34-24-29(32-15-33-30(24)36)35-20-11-9-18(10-12-20)7-6-8-22(38)19-13-17(2)27(42-4)23(14-19)41-3/h9-16,25-26,28,31,39-40H,5-8H2,1-4H3,(H,32,33,35)/t25?,26-,28+,31+/m0/s1. The maximum Gasteiger partial charge on any atom is 0.167 e. The molecule has 4 aromatic rings. The summed E-state index contributed by atoms with van der Waals surface area (Å²) in [6, 6.07) is 11.4. The molecule has 0 radical (unpaired) electrons. The largest absolute Gasteiger partial charge is 0.493 e. The number of fused-ring (bicyclic) bond motifs is 1. The van der Waals surface area contributed by atoms with Crippen molar-refractivity contribution in [1.29, 1.82) is 0 Å². The van der Waals surface area contributed by atoms with Crippen molar-refractivity contribution in [3.05, 3.63) is 65.7 Å². The number of carbonyl (C=O) groups excluding carboxylic acids is 2. The van der Waals surface area contributed by atoms with E-state index in [1.165, 1.54) is 17.2 Å². The fourth-order valence-electron chi connectivity index (χ4n) is 5.29. The van der Waals surface area contributed by atoms with Gasteiger partial charge in [0.25, 0.3) is 0 Å². The van der Waals surface area contributed by atoms with E-state index in [9.17, 15) is 19.8 Å². The van der Waals surface area contributed by atoms with Gasteiger partial charge in [0.1, 0.15) is 24.6 Å². The third-order valence-corrected chi connectivity index (χ3v) is 7.61. The van der Waals surface area contributed by atoms with Crippen molar-refractivity contribution in [2.24, 2.45) is 0 Å². The van der Waals surface area contributed by atoms with E-state index in [4.69, 9.17) is 14.2 Å². The summed E-state index contributed by atoms with van der Waals surface area (Å²) < 4.78 is 18.0. The topological polar surface area (TPSA) is 158 Å². The molecule has 3 heterocycles. The van der Waals surface area contributed by atoms with E-state index in [2.05, 4.69) is 20.3 Å². The van der Waals surface area contributed by atoms with Crippen molar-refractivity contribution in [1.82, 2.24) is 19.5 Å². The second-order valence-electron chi connectivity index (χ2n) is 10.4. The number of aliphatic hydroxyl groups excluding tert-OH is 2. The number of hydrogen-bond donors (Lipinski definition) is 3. The molecule has 1 fully saturated rings. The molecule has 0 amide bonds. The third-order valence-electron chi connectivity index (χ3n) is 7.61. The van der Waals surface area contributed by atoms with Gasteiger partial charge in [-0.05, 0) is 55.2 Å². The zero-order chi connectivity index (χ0) is 30.7. The minimum atomic E-state index is -1.35. The number of hydrogen-bond acceptors (Lipinski definition) is 11. The Balaban J connectivity index is 1.22. The van der Waals surface area contributed by atoms with Gasteiger partial charge in [-0.2, -0.15) is 0 Å². The summed E-state index contributed by atoms with van der Waals surface area (Å²) in [7, 11) is 3.13. The number of aryl methyl sites for hydroxylation is 2. The Kier molecular flexibility index (Phi) is 9.00. The molecule has 4 atom stereocenters. The Hall–Kier alpha value is -4.39. The highest BCUT2D eigenvalue weighted by Gasteiger charge is 2.47. The first-order chi connectivity index (χ1) is 20.7. The van der Waals surface area contributed by atoms with Crippen LogP contribution in [-0.2, 0) is 16.0 Å². The highest BCUT2D eigenvalue weighted by atomic mass is 16.6. The van der Waals surface area contributed by atoms with Gasteiger partial charge in [0.15, 0.2) is 46.3 Å². The van der Waals surface area contributed by atoms with Crippen LogP contribution in [0.1, 0.15) is 53.9 Å². The van der Waals surface area contributed by atoms with Gasteiger partial charge < -0.3 is 29.7 Å². The van der Waals surface area contributed by atoms with Crippen molar-refractivity contribution in [2.75, 3.05) is 19.5 Å². The maximum absolute atomic E-state index is 12.8. The summed E-state index contributed by atoms with van der Waals surface area (Å²) in [5.41, 5.74) is 4.13. The molecule has 1 aliphatic rings. The first kappa shape index (κ1) is 30.1. The molecule has 0 spiro atoms. The van der Waals surface area contributed by atoms with Gasteiger partial charge >= 0.3 is 0 Å². The SMILES string of the molecule is CCC(=O)[C@H]1O[C@@H](n2cnc3c(Nc4ccc(CCCC(=O)c5cc(C)c(OC)c(OC)c5)cc4)ncnc32)[C@@H](O)C1O. The first-order valence-electron chi connectivity index (χ1n) is 14.1. The molecule has 12 heteroatoms. The summed E-state index contributed by atoms with van der Waals surface area (Å²) in [5.74, 6) is 1.37. The number of ether oxygens (including phenoxy) is 3. The van der Waals surface area contributed by atoms with E-state index in [-0.39, 0.29) is 18.0 Å². The van der Waals surface area contributed by atoms with E-state index < -0.39 is 24.5 Å². The minimum Gasteiger partial charge on any atom is -0.493 e. The van der Waals surface area contributed by atoms with Crippen LogP contribution in [-0.4, -0.2) is 73.8 Å². The van der Waals surface area contributed by atoms with Crippen molar-refractivity contribution < 1.29 is 34.0 Å². The zero-order valence-corrected chi connectivity index (χ0v) is 24.5. The summed E-state index contributed by atoms with van der Waals surface area (Å²) in [4.78, 5) is 38.0. The van der Waals surface area contributed by atoms with Gasteiger partial charge in [-0.1, -0.05) is 19.1 Å². The summed E-state index contributed by atoms with van der Waals surface area (Å²) in [5, 5.41) is 24.2. The number of rotatable bonds is 12. The quantitative estimate of drug-likeness (QED) is 0.207. The average molecular weight is 590 g/mol. The van der Waals surface area contributed by atoms with E-state index in [0.29, 0.717) is 46.9 Å². The van der Waals surface area contributed by atoms with Crippen LogP contribution in [0.25, 0.3) is 11.2 Å². The fraction of sp³-hybridized carbons (Fsp3) is 0.387. The number of nitrogens with one attached hydrogen (secondary N) is 1. The molecular formula is C31H35N5O7. The summed E-state index contributed by atoms with van der Waals surface area (Å²) in [6.45, 7) is 3.56. The van der Waals surface area contributed by atoms with Gasteiger partial charge in [-0.15, -0.1) is 0 Å². The number of carbonyl (C=O) groups is 2. The molecule has 2 aromatic heterocycles. The minimum absolute atomic E-state index is 0.0482. The monoisotopic (exact) mass is 589 g/mol. The third kappa shape index (κ3) is 6.07. The molecule has 43 heavy (non-hydrogen) atoms. The van der Waals surface area contributed by atoms with Gasteiger partial charge in [0.2, 0.25) is 0 Å². The number of ketones is 2. The number of benzene rings is 2. The highest BCUT2D eigenvalue weighted by molar-refractivity contribution is 5.97. The maximum atomic E-state index is 12.8. The first-order valence-corrected chi connectivity index (χ1v) is 14.1. The zero-order valence-electron chi connectivity index (χ0n) is 24.5. The molecule has 0 bridgehead atoms. The van der Waals surface area contributed by atoms with Crippen LogP contribution >= 0.6 is 0 Å². The van der Waals surface area contributed by atoms with Crippen molar-refractivity contribution in [3.63, 3.8) is 0 Å². The number of nitrogens with zero attached hydrogens (tertiary/aromatic N) is 4. The predicted molar refractivity (Wildman–Crippen MR) is 158 cm³/mol. The van der Waals surface area contributed by atoms with E-state index in [0.717, 1.165) is 23.2 Å². The Morgan fingerprint density at radius 1 is 1.05 bits per heavy atom. The molecule has 1 unspecified atom stereocenters. The Morgan fingerprint density at radius 3 is 2.51 bits per heavy atom. The normalized spacial score (nSPS) is 19.9. The number of imidazole rings is 1. The lowest BCUT2D eigenvalue weighted by atomic mass is 10.0. The molecular weight excluding hydrogens is 554 g/mol. The lowest BCUT2D eigenvalue weighted by Crippen LogP contribution is -2.35. The van der Waals surface area contributed by atoms with Crippen LogP contribution in [0, 0.1) is 6.92 Å². The van der Waals surface area contributed by atoms with Crippen molar-refractivity contribution >= 4 is 34.2 Å². The van der Waals surface area contributed by atoms with Crippen LogP contribution < -0.4 is 14.8 Å². The second-order valence-corrected chi connectivity index (χ2v) is 10.4. The van der Waals surface area contributed by atoms with Crippen molar-refractivity contribution in [3.8, 4) is 11.5 Å². The van der Waals surface area contributed by atoms with Gasteiger partial charge in [-0.3, -0.25) is 14.2 Å². The van der Waals surface area contributed by atoms with E-state index in [1.54, 1.807) is 27.2 Å². The molecule has 226 valence electrons. The van der Waals surface area contributed by atoms with E-state index in [1.807, 2.05) is 37.3 Å². The van der Waals surface area contributed by atoms with Gasteiger partial charge in [-0.25, -0.2) is 15.0 Å². The van der Waals surface area contributed by atoms with Crippen LogP contribution in [0.5, 0.6) is 11.5 Å². The summed E-state index contributed by atoms with van der Waals surface area (Å²) in [6.07, 6.45) is 0.00113. The molecule has 5 rings (SSSR count). The van der Waals surface area contributed by atoms with Crippen molar-refractivity contribution in [2.45, 2.75) is 64.1 Å². The molecule has 0 saturated carbocycles. The lowest BCUT2D eigenvalue weighted by molar-refractivity contribution is -0.135. The molecule has 1 aliphatic heterocycles. The molecule has 2 aromatic carbocycles. The number of aliphatic hydroxyl groups is 2. The summed E-state index contributed by atoms with van der Waals surface area (Å²) >= 11 is 0. The predicted octanol–water partition coefficient (Wildman–Crippen LogP) is 3.70. The van der Waals surface area contributed by atoms with Crippen LogP contribution in [0.2, 0.25) is 0 Å². The average Bonchev–Trinajstić information content (AvgIpc) is 3.58. The number of aromatic nitrogens is 4. The van der Waals surface area contributed by atoms with E-state index >= 15 is 0 Å². The second kappa shape index (κ2) is 12.9. The highest BCUT2D eigenvalue weighted by Crippen LogP contribution is 2.34. The number of anilines is 2. The molecule has 3 N–H and O–H groups in total.